The molecule has 0 saturated heterocycles. The van der Waals surface area contributed by atoms with E-state index in [0.29, 0.717) is 39.9 Å². The number of aliphatic hydroxyl groups is 1. The van der Waals surface area contributed by atoms with Gasteiger partial charge in [0.05, 0.1) is 29.5 Å². The van der Waals surface area contributed by atoms with E-state index in [0.717, 1.165) is 5.56 Å². The van der Waals surface area contributed by atoms with Gasteiger partial charge in [-0.2, -0.15) is 0 Å². The Hall–Kier alpha value is -3.11. The molecule has 0 radical (unpaired) electrons. The number of halogens is 1. The summed E-state index contributed by atoms with van der Waals surface area (Å²) in [6, 6.07) is 15.4. The van der Waals surface area contributed by atoms with E-state index in [4.69, 9.17) is 24.7 Å². The number of rotatable bonds is 9. The Morgan fingerprint density at radius 3 is 2.37 bits per heavy atom. The molecular formula is C24H23FNO8P. The van der Waals surface area contributed by atoms with E-state index in [1.54, 1.807) is 36.4 Å². The Balaban J connectivity index is 1.57. The van der Waals surface area contributed by atoms with Crippen molar-refractivity contribution in [3.8, 4) is 11.5 Å². The standard InChI is InChI=1S/C24H23FNO8P/c25-16-2-4-17(5-3-16)33-18-6-7-19-22(12-18)34-21-8-1-15(11-20(21)23(19)28)9-10-24(26,13-27)14-32-35(29,30)31/h1-8,11-12,27H,9-10,13-14,26H2,(H2,29,30,31). The maximum Gasteiger partial charge on any atom is 0.469 e. The van der Waals surface area contributed by atoms with Crippen molar-refractivity contribution in [2.75, 3.05) is 13.2 Å². The van der Waals surface area contributed by atoms with Crippen LogP contribution in [-0.4, -0.2) is 33.6 Å². The van der Waals surface area contributed by atoms with Gasteiger partial charge in [0.25, 0.3) is 0 Å². The lowest BCUT2D eigenvalue weighted by atomic mass is 9.93. The third kappa shape index (κ3) is 6.12. The van der Waals surface area contributed by atoms with Crippen LogP contribution in [0, 0.1) is 5.82 Å². The van der Waals surface area contributed by atoms with Gasteiger partial charge in [0.2, 0.25) is 5.43 Å². The first-order valence-electron chi connectivity index (χ1n) is 10.6. The lowest BCUT2D eigenvalue weighted by molar-refractivity contribution is 0.102. The van der Waals surface area contributed by atoms with Crippen LogP contribution in [0.4, 0.5) is 4.39 Å². The molecule has 1 unspecified atom stereocenters. The summed E-state index contributed by atoms with van der Waals surface area (Å²) < 4.78 is 40.1. The van der Waals surface area contributed by atoms with Gasteiger partial charge >= 0.3 is 7.82 Å². The number of nitrogens with two attached hydrogens (primary N) is 1. The third-order valence-electron chi connectivity index (χ3n) is 5.50. The smallest absolute Gasteiger partial charge is 0.457 e. The predicted molar refractivity (Wildman–Crippen MR) is 127 cm³/mol. The molecule has 1 atom stereocenters. The number of benzene rings is 3. The number of aryl methyl sites for hydroxylation is 1. The van der Waals surface area contributed by atoms with Crippen molar-refractivity contribution in [3.63, 3.8) is 0 Å². The van der Waals surface area contributed by atoms with Crippen LogP contribution in [0.3, 0.4) is 0 Å². The Bertz CT molecular complexity index is 1470. The number of phosphoric acid groups is 1. The molecule has 0 aliphatic carbocycles. The molecule has 5 N–H and O–H groups in total. The Morgan fingerprint density at radius 2 is 1.69 bits per heavy atom. The molecule has 0 saturated carbocycles. The van der Waals surface area contributed by atoms with Gasteiger partial charge in [0.1, 0.15) is 28.5 Å². The van der Waals surface area contributed by atoms with Gasteiger partial charge < -0.3 is 29.8 Å². The molecule has 4 aromatic rings. The highest BCUT2D eigenvalue weighted by Crippen LogP contribution is 2.37. The number of hydrogen-bond acceptors (Lipinski definition) is 7. The van der Waals surface area contributed by atoms with Crippen molar-refractivity contribution >= 4 is 29.8 Å². The zero-order valence-electron chi connectivity index (χ0n) is 18.4. The SMILES string of the molecule is NC(CO)(CCc1ccc2oc3cc(Oc4ccc(F)cc4)ccc3c(=O)c2c1)COP(=O)(O)O. The van der Waals surface area contributed by atoms with E-state index in [9.17, 15) is 18.9 Å². The van der Waals surface area contributed by atoms with Crippen molar-refractivity contribution in [2.24, 2.45) is 5.73 Å². The minimum atomic E-state index is -4.73. The molecule has 0 spiro atoms. The lowest BCUT2D eigenvalue weighted by Crippen LogP contribution is -2.48. The summed E-state index contributed by atoms with van der Waals surface area (Å²) in [4.78, 5) is 30.9. The molecule has 11 heteroatoms. The summed E-state index contributed by atoms with van der Waals surface area (Å²) in [5.74, 6) is 0.475. The minimum Gasteiger partial charge on any atom is -0.457 e. The molecular weight excluding hydrogens is 480 g/mol. The highest BCUT2D eigenvalue weighted by Gasteiger charge is 2.28. The molecule has 0 aliphatic rings. The van der Waals surface area contributed by atoms with Gasteiger partial charge in [-0.25, -0.2) is 8.96 Å². The van der Waals surface area contributed by atoms with E-state index < -0.39 is 26.6 Å². The predicted octanol–water partition coefficient (Wildman–Crippen LogP) is 3.61. The van der Waals surface area contributed by atoms with Gasteiger partial charge in [-0.15, -0.1) is 0 Å². The molecule has 3 aromatic carbocycles. The van der Waals surface area contributed by atoms with Gasteiger partial charge in [0, 0.05) is 6.07 Å². The Kier molecular flexibility index (Phi) is 7.05. The van der Waals surface area contributed by atoms with Crippen LogP contribution in [0.5, 0.6) is 11.5 Å². The van der Waals surface area contributed by atoms with Crippen LogP contribution in [0.15, 0.2) is 69.9 Å². The van der Waals surface area contributed by atoms with Crippen LogP contribution in [-0.2, 0) is 15.5 Å². The fourth-order valence-electron chi connectivity index (χ4n) is 3.54. The Labute approximate surface area is 198 Å². The molecule has 184 valence electrons. The number of hydrogen-bond donors (Lipinski definition) is 4. The highest BCUT2D eigenvalue weighted by atomic mass is 31.2. The molecule has 9 nitrogen and oxygen atoms in total. The number of fused-ring (bicyclic) bond motifs is 2. The Morgan fingerprint density at radius 1 is 0.971 bits per heavy atom. The van der Waals surface area contributed by atoms with Gasteiger partial charge in [-0.1, -0.05) is 6.07 Å². The van der Waals surface area contributed by atoms with E-state index in [1.807, 2.05) is 0 Å². The molecule has 1 aromatic heterocycles. The third-order valence-corrected chi connectivity index (χ3v) is 5.97. The van der Waals surface area contributed by atoms with E-state index in [2.05, 4.69) is 4.52 Å². The van der Waals surface area contributed by atoms with Crippen LogP contribution < -0.4 is 15.9 Å². The van der Waals surface area contributed by atoms with Crippen molar-refractivity contribution in [2.45, 2.75) is 18.4 Å². The zero-order chi connectivity index (χ0) is 25.2. The number of ether oxygens (including phenoxy) is 1. The normalized spacial score (nSPS) is 13.7. The maximum atomic E-state index is 13.1. The van der Waals surface area contributed by atoms with Crippen LogP contribution in [0.2, 0.25) is 0 Å². The number of phosphoric ester groups is 1. The second-order valence-corrected chi connectivity index (χ2v) is 9.50. The first kappa shape index (κ1) is 25.0. The fraction of sp³-hybridized carbons (Fsp3) is 0.208. The molecule has 4 rings (SSSR count). The average molecular weight is 503 g/mol. The fourth-order valence-corrected chi connectivity index (χ4v) is 3.97. The van der Waals surface area contributed by atoms with Crippen molar-refractivity contribution < 1.29 is 37.5 Å². The van der Waals surface area contributed by atoms with Gasteiger partial charge in [0.15, 0.2) is 0 Å². The zero-order valence-corrected chi connectivity index (χ0v) is 19.3. The summed E-state index contributed by atoms with van der Waals surface area (Å²) in [7, 11) is -4.73. The lowest BCUT2D eigenvalue weighted by Gasteiger charge is -2.27. The summed E-state index contributed by atoms with van der Waals surface area (Å²) in [5.41, 5.74) is 5.80. The summed E-state index contributed by atoms with van der Waals surface area (Å²) in [5, 5.41) is 10.3. The van der Waals surface area contributed by atoms with E-state index in [1.165, 1.54) is 24.3 Å². The van der Waals surface area contributed by atoms with Gasteiger partial charge in [-0.05, 0) is 66.9 Å². The molecule has 0 fully saturated rings. The first-order chi connectivity index (χ1) is 16.5. The van der Waals surface area contributed by atoms with Crippen molar-refractivity contribution in [1.82, 2.24) is 0 Å². The highest BCUT2D eigenvalue weighted by molar-refractivity contribution is 7.46. The summed E-state index contributed by atoms with van der Waals surface area (Å²) in [6.07, 6.45) is 0.470. The van der Waals surface area contributed by atoms with Crippen LogP contribution >= 0.6 is 7.82 Å². The molecule has 0 amide bonds. The first-order valence-corrected chi connectivity index (χ1v) is 12.1. The monoisotopic (exact) mass is 503 g/mol. The molecule has 35 heavy (non-hydrogen) atoms. The van der Waals surface area contributed by atoms with E-state index in [-0.39, 0.29) is 17.7 Å². The molecule has 1 heterocycles. The van der Waals surface area contributed by atoms with Crippen molar-refractivity contribution in [1.29, 1.82) is 0 Å². The number of aliphatic hydroxyl groups excluding tert-OH is 1. The average Bonchev–Trinajstić information content (AvgIpc) is 2.83. The topological polar surface area (TPSA) is 152 Å². The van der Waals surface area contributed by atoms with E-state index >= 15 is 0 Å². The minimum absolute atomic E-state index is 0.151. The molecule has 0 bridgehead atoms. The van der Waals surface area contributed by atoms with Crippen LogP contribution in [0.1, 0.15) is 12.0 Å². The quantitative estimate of drug-likeness (QED) is 0.198. The second-order valence-electron chi connectivity index (χ2n) is 8.26. The summed E-state index contributed by atoms with van der Waals surface area (Å²) >= 11 is 0. The van der Waals surface area contributed by atoms with Crippen molar-refractivity contribution in [3.05, 3.63) is 82.3 Å². The van der Waals surface area contributed by atoms with Crippen LogP contribution in [0.25, 0.3) is 21.9 Å². The van der Waals surface area contributed by atoms with Gasteiger partial charge in [-0.3, -0.25) is 9.32 Å². The molecule has 0 aliphatic heterocycles. The largest absolute Gasteiger partial charge is 0.469 e. The second kappa shape index (κ2) is 9.87. The maximum absolute atomic E-state index is 13.1. The summed E-state index contributed by atoms with van der Waals surface area (Å²) in [6.45, 7) is -1.08.